The molecule has 0 fully saturated rings. The lowest BCUT2D eigenvalue weighted by molar-refractivity contribution is 0.146. The average Bonchev–Trinajstić information content (AvgIpc) is 2.47. The average molecular weight is 336 g/mol. The number of methoxy groups -OCH3 is 1. The van der Waals surface area contributed by atoms with Crippen molar-refractivity contribution in [3.05, 3.63) is 58.6 Å². The smallest absolute Gasteiger partial charge is 0.121 e. The van der Waals surface area contributed by atoms with Crippen molar-refractivity contribution in [2.24, 2.45) is 0 Å². The van der Waals surface area contributed by atoms with Gasteiger partial charge in [0, 0.05) is 29.9 Å². The van der Waals surface area contributed by atoms with Crippen molar-refractivity contribution in [1.82, 2.24) is 0 Å². The lowest BCUT2D eigenvalue weighted by Crippen LogP contribution is -2.05. The van der Waals surface area contributed by atoms with Crippen LogP contribution in [0, 0.1) is 0 Å². The molecule has 0 spiro atoms. The molecule has 3 nitrogen and oxygen atoms in total. The molecule has 20 heavy (non-hydrogen) atoms. The van der Waals surface area contributed by atoms with Gasteiger partial charge in [-0.05, 0) is 23.8 Å². The van der Waals surface area contributed by atoms with Crippen molar-refractivity contribution in [2.75, 3.05) is 25.6 Å². The van der Waals surface area contributed by atoms with E-state index >= 15 is 0 Å². The van der Waals surface area contributed by atoms with E-state index in [4.69, 9.17) is 9.47 Å². The van der Waals surface area contributed by atoms with E-state index in [2.05, 4.69) is 27.3 Å². The van der Waals surface area contributed by atoms with E-state index < -0.39 is 0 Å². The molecule has 0 amide bonds. The molecule has 0 atom stereocenters. The first-order chi connectivity index (χ1) is 9.79. The Morgan fingerprint density at radius 2 is 1.90 bits per heavy atom. The first kappa shape index (κ1) is 14.9. The van der Waals surface area contributed by atoms with Gasteiger partial charge in [0.1, 0.15) is 12.4 Å². The van der Waals surface area contributed by atoms with E-state index in [0.717, 1.165) is 22.5 Å². The molecule has 106 valence electrons. The monoisotopic (exact) mass is 335 g/mol. The zero-order chi connectivity index (χ0) is 14.2. The molecular formula is C16H18BrNO2. The number of halogens is 1. The van der Waals surface area contributed by atoms with Crippen molar-refractivity contribution >= 4 is 21.6 Å². The van der Waals surface area contributed by atoms with Gasteiger partial charge in [0.25, 0.3) is 0 Å². The summed E-state index contributed by atoms with van der Waals surface area (Å²) in [6.45, 7) is 1.92. The van der Waals surface area contributed by atoms with Gasteiger partial charge in [0.2, 0.25) is 0 Å². The Labute approximate surface area is 128 Å². The zero-order valence-electron chi connectivity index (χ0n) is 11.4. The van der Waals surface area contributed by atoms with Crippen LogP contribution in [0.25, 0.3) is 0 Å². The molecule has 1 N–H and O–H groups in total. The van der Waals surface area contributed by atoms with Gasteiger partial charge in [-0.2, -0.15) is 0 Å². The molecule has 0 aliphatic rings. The van der Waals surface area contributed by atoms with Crippen molar-refractivity contribution in [3.63, 3.8) is 0 Å². The van der Waals surface area contributed by atoms with Crippen LogP contribution >= 0.6 is 15.9 Å². The molecule has 0 heterocycles. The van der Waals surface area contributed by atoms with Gasteiger partial charge in [-0.1, -0.05) is 40.2 Å². The highest BCUT2D eigenvalue weighted by atomic mass is 79.9. The summed E-state index contributed by atoms with van der Waals surface area (Å²) in [4.78, 5) is 0. The minimum atomic E-state index is 0.560. The molecule has 0 radical (unpaired) electrons. The maximum atomic E-state index is 5.59. The zero-order valence-corrected chi connectivity index (χ0v) is 13.0. The maximum Gasteiger partial charge on any atom is 0.121 e. The van der Waals surface area contributed by atoms with Crippen LogP contribution in [0.15, 0.2) is 53.0 Å². The summed E-state index contributed by atoms with van der Waals surface area (Å²) in [5.74, 6) is 0.846. The number of ether oxygens (including phenoxy) is 2. The van der Waals surface area contributed by atoms with Gasteiger partial charge in [-0.15, -0.1) is 0 Å². The molecule has 0 unspecified atom stereocenters. The highest BCUT2D eigenvalue weighted by molar-refractivity contribution is 9.10. The highest BCUT2D eigenvalue weighted by Crippen LogP contribution is 2.20. The van der Waals surface area contributed by atoms with Crippen molar-refractivity contribution in [2.45, 2.75) is 6.54 Å². The second-order valence-electron chi connectivity index (χ2n) is 4.31. The summed E-state index contributed by atoms with van der Waals surface area (Å²) < 4.78 is 11.7. The van der Waals surface area contributed by atoms with Crippen molar-refractivity contribution in [1.29, 1.82) is 0 Å². The molecule has 2 aromatic rings. The second-order valence-corrected chi connectivity index (χ2v) is 5.17. The van der Waals surface area contributed by atoms with Crippen LogP contribution < -0.4 is 10.1 Å². The van der Waals surface area contributed by atoms with Gasteiger partial charge < -0.3 is 14.8 Å². The first-order valence-corrected chi connectivity index (χ1v) is 7.28. The Morgan fingerprint density at radius 1 is 1.05 bits per heavy atom. The predicted molar refractivity (Wildman–Crippen MR) is 85.3 cm³/mol. The van der Waals surface area contributed by atoms with Gasteiger partial charge in [-0.3, -0.25) is 0 Å². The molecule has 2 aromatic carbocycles. The number of anilines is 1. The number of nitrogens with one attached hydrogen (secondary N) is 1. The predicted octanol–water partition coefficient (Wildman–Crippen LogP) is 4.09. The number of benzene rings is 2. The summed E-state index contributed by atoms with van der Waals surface area (Å²) in [7, 11) is 1.67. The van der Waals surface area contributed by atoms with Crippen LogP contribution in [-0.2, 0) is 11.3 Å². The molecular weight excluding hydrogens is 318 g/mol. The van der Waals surface area contributed by atoms with Crippen LogP contribution in [0.5, 0.6) is 5.75 Å². The van der Waals surface area contributed by atoms with E-state index in [1.807, 2.05) is 42.5 Å². The number of rotatable bonds is 7. The molecule has 0 aliphatic carbocycles. The second kappa shape index (κ2) is 7.92. The number of hydrogen-bond acceptors (Lipinski definition) is 3. The van der Waals surface area contributed by atoms with E-state index in [1.165, 1.54) is 5.56 Å². The Bertz CT molecular complexity index is 546. The minimum absolute atomic E-state index is 0.560. The summed E-state index contributed by atoms with van der Waals surface area (Å²) >= 11 is 3.55. The highest BCUT2D eigenvalue weighted by Gasteiger charge is 2.00. The minimum Gasteiger partial charge on any atom is -0.491 e. The van der Waals surface area contributed by atoms with E-state index in [9.17, 15) is 0 Å². The fourth-order valence-corrected chi connectivity index (χ4v) is 2.20. The summed E-state index contributed by atoms with van der Waals surface area (Å²) in [5.41, 5.74) is 2.26. The topological polar surface area (TPSA) is 30.5 Å². The lowest BCUT2D eigenvalue weighted by Gasteiger charge is -2.10. The van der Waals surface area contributed by atoms with Crippen LogP contribution in [0.1, 0.15) is 5.56 Å². The lowest BCUT2D eigenvalue weighted by atomic mass is 10.2. The van der Waals surface area contributed by atoms with E-state index in [-0.39, 0.29) is 0 Å². The normalized spacial score (nSPS) is 10.3. The van der Waals surface area contributed by atoms with Crippen molar-refractivity contribution in [3.8, 4) is 5.75 Å². The fraction of sp³-hybridized carbons (Fsp3) is 0.250. The summed E-state index contributed by atoms with van der Waals surface area (Å²) in [6.07, 6.45) is 0. The quantitative estimate of drug-likeness (QED) is 0.773. The van der Waals surface area contributed by atoms with Crippen LogP contribution in [0.3, 0.4) is 0 Å². The Kier molecular flexibility index (Phi) is 5.89. The van der Waals surface area contributed by atoms with Crippen molar-refractivity contribution < 1.29 is 9.47 Å². The SMILES string of the molecule is COCCOc1cccc(NCc2ccccc2Br)c1. The molecule has 0 saturated heterocycles. The fourth-order valence-electron chi connectivity index (χ4n) is 1.78. The van der Waals surface area contributed by atoms with Crippen LogP contribution in [-0.4, -0.2) is 20.3 Å². The third kappa shape index (κ3) is 4.54. The van der Waals surface area contributed by atoms with Gasteiger partial charge in [-0.25, -0.2) is 0 Å². The van der Waals surface area contributed by atoms with Crippen LogP contribution in [0.2, 0.25) is 0 Å². The third-order valence-electron chi connectivity index (χ3n) is 2.83. The Hall–Kier alpha value is -1.52. The third-order valence-corrected chi connectivity index (χ3v) is 3.60. The Balaban J connectivity index is 1.93. The standard InChI is InChI=1S/C16H18BrNO2/c1-19-9-10-20-15-7-4-6-14(11-15)18-12-13-5-2-3-8-16(13)17/h2-8,11,18H,9-10,12H2,1H3. The molecule has 0 bridgehead atoms. The Morgan fingerprint density at radius 3 is 2.70 bits per heavy atom. The summed E-state index contributed by atoms with van der Waals surface area (Å²) in [6, 6.07) is 16.1. The summed E-state index contributed by atoms with van der Waals surface area (Å²) in [5, 5.41) is 3.39. The van der Waals surface area contributed by atoms with Gasteiger partial charge in [0.05, 0.1) is 6.61 Å². The number of hydrogen-bond donors (Lipinski definition) is 1. The van der Waals surface area contributed by atoms with Gasteiger partial charge >= 0.3 is 0 Å². The van der Waals surface area contributed by atoms with Crippen LogP contribution in [0.4, 0.5) is 5.69 Å². The van der Waals surface area contributed by atoms with Gasteiger partial charge in [0.15, 0.2) is 0 Å². The molecule has 0 aliphatic heterocycles. The first-order valence-electron chi connectivity index (χ1n) is 6.48. The molecule has 4 heteroatoms. The van der Waals surface area contributed by atoms with E-state index in [1.54, 1.807) is 7.11 Å². The molecule has 0 saturated carbocycles. The van der Waals surface area contributed by atoms with E-state index in [0.29, 0.717) is 13.2 Å². The maximum absolute atomic E-state index is 5.59. The molecule has 2 rings (SSSR count). The largest absolute Gasteiger partial charge is 0.491 e. The molecule has 0 aromatic heterocycles.